The van der Waals surface area contributed by atoms with E-state index in [2.05, 4.69) is 9.97 Å². The minimum Gasteiger partial charge on any atom is -0.354 e. The molecule has 154 valence electrons. The predicted molar refractivity (Wildman–Crippen MR) is 108 cm³/mol. The Balaban J connectivity index is 1.96. The summed E-state index contributed by atoms with van der Waals surface area (Å²) in [5.74, 6) is -2.24. The van der Waals surface area contributed by atoms with Crippen LogP contribution in [0.2, 0.25) is 5.02 Å². The van der Waals surface area contributed by atoms with E-state index in [0.717, 1.165) is 24.4 Å². The fourth-order valence-electron chi connectivity index (χ4n) is 3.28. The maximum Gasteiger partial charge on any atom is 0.280 e. The first kappa shape index (κ1) is 20.6. The zero-order valence-corrected chi connectivity index (χ0v) is 16.1. The van der Waals surface area contributed by atoms with Gasteiger partial charge < -0.3 is 4.98 Å². The number of rotatable bonds is 3. The molecule has 2 heterocycles. The molecule has 4 rings (SSSR count). The van der Waals surface area contributed by atoms with Gasteiger partial charge in [-0.15, -0.1) is 0 Å². The van der Waals surface area contributed by atoms with Crippen LogP contribution in [-0.2, 0) is 0 Å². The number of benzene rings is 2. The third-order valence-corrected chi connectivity index (χ3v) is 5.02. The Hall–Kier alpha value is -3.70. The molecule has 0 atom stereocenters. The Morgan fingerprint density at radius 1 is 1.10 bits per heavy atom. The quantitative estimate of drug-likeness (QED) is 0.395. The topological polar surface area (TPSA) is 69.5 Å². The lowest BCUT2D eigenvalue weighted by Gasteiger charge is -2.12. The van der Waals surface area contributed by atoms with Crippen molar-refractivity contribution >= 4 is 22.5 Å². The predicted octanol–water partition coefficient (Wildman–Crippen LogP) is 6.00. The average Bonchev–Trinajstić information content (AvgIpc) is 2.73. The van der Waals surface area contributed by atoms with E-state index in [1.54, 1.807) is 0 Å². The normalized spacial score (nSPS) is 11.1. The Morgan fingerprint density at radius 3 is 2.58 bits per heavy atom. The van der Waals surface area contributed by atoms with Crippen molar-refractivity contribution in [3.05, 3.63) is 86.8 Å². The number of hydrogen-bond acceptors (Lipinski definition) is 3. The fourth-order valence-corrected chi connectivity index (χ4v) is 3.50. The smallest absolute Gasteiger partial charge is 0.280 e. The van der Waals surface area contributed by atoms with Gasteiger partial charge in [-0.1, -0.05) is 11.6 Å². The molecule has 2 aromatic carbocycles. The van der Waals surface area contributed by atoms with Crippen LogP contribution in [0.1, 0.15) is 17.7 Å². The molecule has 0 aliphatic carbocycles. The number of H-pyrrole nitrogens is 1. The molecule has 4 aromatic rings. The molecule has 0 bridgehead atoms. The van der Waals surface area contributed by atoms with Crippen LogP contribution in [0, 0.1) is 23.0 Å². The van der Waals surface area contributed by atoms with Crippen LogP contribution in [0.4, 0.5) is 17.6 Å². The number of halogens is 5. The Morgan fingerprint density at radius 2 is 1.87 bits per heavy atom. The summed E-state index contributed by atoms with van der Waals surface area (Å²) in [5, 5.41) is 8.86. The molecule has 0 unspecified atom stereocenters. The summed E-state index contributed by atoms with van der Waals surface area (Å²) in [6.45, 7) is 0. The van der Waals surface area contributed by atoms with Crippen LogP contribution in [0.5, 0.6) is 0 Å². The van der Waals surface area contributed by atoms with Crippen molar-refractivity contribution < 1.29 is 17.6 Å². The highest BCUT2D eigenvalue weighted by atomic mass is 35.5. The highest BCUT2D eigenvalue weighted by Gasteiger charge is 2.21. The van der Waals surface area contributed by atoms with E-state index in [1.165, 1.54) is 24.3 Å². The summed E-state index contributed by atoms with van der Waals surface area (Å²) in [6, 6.07) is 10.4. The van der Waals surface area contributed by atoms with Gasteiger partial charge in [0.05, 0.1) is 33.8 Å². The molecule has 4 nitrogen and oxygen atoms in total. The fraction of sp³-hybridized carbons (Fsp3) is 0.0455. The summed E-state index contributed by atoms with van der Waals surface area (Å²) in [6.07, 6.45) is -1.91. The second-order valence-electron chi connectivity index (χ2n) is 6.59. The van der Waals surface area contributed by atoms with Crippen LogP contribution >= 0.6 is 11.6 Å². The van der Waals surface area contributed by atoms with E-state index < -0.39 is 40.1 Å². The van der Waals surface area contributed by atoms with Gasteiger partial charge in [-0.25, -0.2) is 17.6 Å². The molecule has 2 aromatic heterocycles. The van der Waals surface area contributed by atoms with Gasteiger partial charge in [0, 0.05) is 22.8 Å². The molecule has 0 saturated carbocycles. The van der Waals surface area contributed by atoms with Gasteiger partial charge in [-0.2, -0.15) is 5.26 Å². The van der Waals surface area contributed by atoms with E-state index in [0.29, 0.717) is 5.56 Å². The zero-order valence-electron chi connectivity index (χ0n) is 15.4. The van der Waals surface area contributed by atoms with Crippen molar-refractivity contribution in [3.63, 3.8) is 0 Å². The molecule has 0 fully saturated rings. The number of pyridine rings is 2. The number of alkyl halides is 2. The molecular formula is C22H10ClF4N3O. The number of nitriles is 1. The monoisotopic (exact) mass is 443 g/mol. The lowest BCUT2D eigenvalue weighted by atomic mass is 10.00. The number of aromatic amines is 1. The lowest BCUT2D eigenvalue weighted by molar-refractivity contribution is 0.146. The van der Waals surface area contributed by atoms with E-state index in [4.69, 9.17) is 16.9 Å². The molecule has 0 radical (unpaired) electrons. The molecule has 31 heavy (non-hydrogen) atoms. The maximum absolute atomic E-state index is 15.2. The van der Waals surface area contributed by atoms with Crippen LogP contribution in [0.25, 0.3) is 33.3 Å². The van der Waals surface area contributed by atoms with Gasteiger partial charge in [-0.05, 0) is 42.0 Å². The highest BCUT2D eigenvalue weighted by molar-refractivity contribution is 6.33. The van der Waals surface area contributed by atoms with Gasteiger partial charge in [0.15, 0.2) is 5.43 Å². The second kappa shape index (κ2) is 7.85. The number of nitrogens with zero attached hydrogens (tertiary/aromatic N) is 2. The second-order valence-corrected chi connectivity index (χ2v) is 7.00. The molecule has 1 N–H and O–H groups in total. The van der Waals surface area contributed by atoms with Crippen LogP contribution < -0.4 is 5.43 Å². The zero-order chi connectivity index (χ0) is 22.3. The van der Waals surface area contributed by atoms with Crippen molar-refractivity contribution in [1.29, 1.82) is 5.26 Å². The summed E-state index contributed by atoms with van der Waals surface area (Å²) >= 11 is 6.15. The van der Waals surface area contributed by atoms with Gasteiger partial charge in [0.2, 0.25) is 0 Å². The van der Waals surface area contributed by atoms with E-state index >= 15 is 4.39 Å². The summed E-state index contributed by atoms with van der Waals surface area (Å²) in [7, 11) is 0. The van der Waals surface area contributed by atoms with Crippen molar-refractivity contribution in [3.8, 4) is 28.5 Å². The minimum absolute atomic E-state index is 0.150. The van der Waals surface area contributed by atoms with Crippen LogP contribution in [0.3, 0.4) is 0 Å². The van der Waals surface area contributed by atoms with Crippen LogP contribution in [-0.4, -0.2) is 9.97 Å². The molecular weight excluding hydrogens is 434 g/mol. The largest absolute Gasteiger partial charge is 0.354 e. The van der Waals surface area contributed by atoms with E-state index in [9.17, 15) is 18.0 Å². The highest BCUT2D eigenvalue weighted by Crippen LogP contribution is 2.33. The SMILES string of the molecule is N#Cc1ccc(Cl)c(-c2cc(=O)c3c(F)c(-c4ccnc(C(F)F)c4)c(F)cc3[nH]2)c1. The Kier molecular flexibility index (Phi) is 5.21. The molecule has 0 aliphatic heterocycles. The van der Waals surface area contributed by atoms with Crippen molar-refractivity contribution in [2.75, 3.05) is 0 Å². The summed E-state index contributed by atoms with van der Waals surface area (Å²) < 4.78 is 55.9. The molecule has 9 heteroatoms. The lowest BCUT2D eigenvalue weighted by Crippen LogP contribution is -2.08. The van der Waals surface area contributed by atoms with Crippen molar-refractivity contribution in [1.82, 2.24) is 9.97 Å². The van der Waals surface area contributed by atoms with Crippen LogP contribution in [0.15, 0.2) is 53.5 Å². The maximum atomic E-state index is 15.2. The number of nitrogens with one attached hydrogen (secondary N) is 1. The average molecular weight is 444 g/mol. The standard InChI is InChI=1S/C22H10ClF4N3O/c23-13-2-1-10(9-28)5-12(13)15-8-18(31)20-16(30-15)7-14(24)19(21(20)25)11-3-4-29-17(6-11)22(26)27/h1-8,22H,(H,30,31). The summed E-state index contributed by atoms with van der Waals surface area (Å²) in [4.78, 5) is 18.9. The Bertz CT molecular complexity index is 1440. The van der Waals surface area contributed by atoms with Gasteiger partial charge in [0.1, 0.15) is 17.3 Å². The molecule has 0 saturated heterocycles. The van der Waals surface area contributed by atoms with E-state index in [1.807, 2.05) is 6.07 Å². The minimum atomic E-state index is -2.92. The first-order valence-corrected chi connectivity index (χ1v) is 9.17. The molecule has 0 spiro atoms. The number of aromatic nitrogens is 2. The number of hydrogen-bond donors (Lipinski definition) is 1. The summed E-state index contributed by atoms with van der Waals surface area (Å²) in [5.41, 5.74) is -1.61. The van der Waals surface area contributed by atoms with Gasteiger partial charge in [-0.3, -0.25) is 9.78 Å². The first-order chi connectivity index (χ1) is 14.8. The van der Waals surface area contributed by atoms with Crippen molar-refractivity contribution in [2.45, 2.75) is 6.43 Å². The third-order valence-electron chi connectivity index (χ3n) is 4.69. The van der Waals surface area contributed by atoms with Gasteiger partial charge >= 0.3 is 0 Å². The third kappa shape index (κ3) is 3.64. The van der Waals surface area contributed by atoms with Crippen molar-refractivity contribution in [2.24, 2.45) is 0 Å². The molecule has 0 aliphatic rings. The Labute approximate surface area is 177 Å². The number of fused-ring (bicyclic) bond motifs is 1. The van der Waals surface area contributed by atoms with Gasteiger partial charge in [0.25, 0.3) is 6.43 Å². The first-order valence-electron chi connectivity index (χ1n) is 8.79. The van der Waals surface area contributed by atoms with E-state index in [-0.39, 0.29) is 27.4 Å². The molecule has 0 amide bonds.